The van der Waals surface area contributed by atoms with E-state index in [0.29, 0.717) is 12.2 Å². The lowest BCUT2D eigenvalue weighted by atomic mass is 10.1. The minimum Gasteiger partial charge on any atom is -0.396 e. The van der Waals surface area contributed by atoms with Gasteiger partial charge in [0, 0.05) is 30.7 Å². The largest absolute Gasteiger partial charge is 0.396 e. The molecule has 0 spiro atoms. The summed E-state index contributed by atoms with van der Waals surface area (Å²) in [6.45, 7) is 0.140. The third kappa shape index (κ3) is 5.41. The molecule has 6 heteroatoms. The van der Waals surface area contributed by atoms with E-state index in [-0.39, 0.29) is 36.1 Å². The van der Waals surface area contributed by atoms with Crippen LogP contribution in [0.25, 0.3) is 0 Å². The summed E-state index contributed by atoms with van der Waals surface area (Å²) < 4.78 is 0. The molecule has 1 rings (SSSR count). The van der Waals surface area contributed by atoms with Crippen molar-refractivity contribution >= 4 is 23.6 Å². The Kier molecular flexibility index (Phi) is 6.36. The molecule has 98 valence electrons. The summed E-state index contributed by atoms with van der Waals surface area (Å²) in [5.74, 6) is 0.706. The fourth-order valence-corrected chi connectivity index (χ4v) is 2.74. The van der Waals surface area contributed by atoms with Gasteiger partial charge in [-0.1, -0.05) is 6.42 Å². The summed E-state index contributed by atoms with van der Waals surface area (Å²) in [4.78, 5) is 22.1. The SMILES string of the molecule is NC(=O)CSCCC(=O)NC1CCCC1CO. The zero-order valence-corrected chi connectivity index (χ0v) is 10.7. The molecule has 1 aliphatic rings. The Morgan fingerprint density at radius 3 is 2.82 bits per heavy atom. The van der Waals surface area contributed by atoms with E-state index >= 15 is 0 Å². The number of hydrogen-bond acceptors (Lipinski definition) is 4. The summed E-state index contributed by atoms with van der Waals surface area (Å²) in [7, 11) is 0. The fourth-order valence-electron chi connectivity index (χ4n) is 2.06. The second-order valence-electron chi connectivity index (χ2n) is 4.32. The van der Waals surface area contributed by atoms with Crippen molar-refractivity contribution in [2.24, 2.45) is 11.7 Å². The predicted octanol–water partition coefficient (Wildman–Crippen LogP) is -0.128. The van der Waals surface area contributed by atoms with E-state index < -0.39 is 0 Å². The first-order valence-corrected chi connectivity index (χ1v) is 7.05. The number of nitrogens with two attached hydrogens (primary N) is 1. The Hall–Kier alpha value is -0.750. The standard InChI is InChI=1S/C11H20N2O3S/c12-10(15)7-17-5-4-11(16)13-9-3-1-2-8(9)6-14/h8-9,14H,1-7H2,(H2,12,15)(H,13,16). The third-order valence-corrected chi connectivity index (χ3v) is 3.94. The molecular formula is C11H20N2O3S. The van der Waals surface area contributed by atoms with Gasteiger partial charge in [-0.05, 0) is 12.8 Å². The molecule has 4 N–H and O–H groups in total. The molecule has 1 fully saturated rings. The van der Waals surface area contributed by atoms with Crippen molar-refractivity contribution in [3.63, 3.8) is 0 Å². The number of thioether (sulfide) groups is 1. The van der Waals surface area contributed by atoms with Gasteiger partial charge in [0.05, 0.1) is 5.75 Å². The zero-order chi connectivity index (χ0) is 12.7. The molecule has 1 saturated carbocycles. The van der Waals surface area contributed by atoms with Gasteiger partial charge in [-0.3, -0.25) is 9.59 Å². The molecule has 2 unspecified atom stereocenters. The number of amides is 2. The Balaban J connectivity index is 2.14. The van der Waals surface area contributed by atoms with Crippen LogP contribution in [-0.4, -0.2) is 41.1 Å². The first kappa shape index (κ1) is 14.3. The van der Waals surface area contributed by atoms with E-state index in [9.17, 15) is 9.59 Å². The molecule has 0 saturated heterocycles. The number of carbonyl (C=O) groups is 2. The lowest BCUT2D eigenvalue weighted by molar-refractivity contribution is -0.121. The number of carbonyl (C=O) groups excluding carboxylic acids is 2. The summed E-state index contributed by atoms with van der Waals surface area (Å²) in [6.07, 6.45) is 3.39. The van der Waals surface area contributed by atoms with Crippen LogP contribution in [0.1, 0.15) is 25.7 Å². The second kappa shape index (κ2) is 7.55. The van der Waals surface area contributed by atoms with Crippen LogP contribution in [0.5, 0.6) is 0 Å². The Morgan fingerprint density at radius 1 is 1.41 bits per heavy atom. The van der Waals surface area contributed by atoms with Crippen LogP contribution in [0.2, 0.25) is 0 Å². The molecule has 0 aromatic carbocycles. The van der Waals surface area contributed by atoms with Gasteiger partial charge in [-0.15, -0.1) is 0 Å². The third-order valence-electron chi connectivity index (χ3n) is 2.96. The van der Waals surface area contributed by atoms with Crippen LogP contribution in [0.3, 0.4) is 0 Å². The number of primary amides is 1. The molecule has 17 heavy (non-hydrogen) atoms. The lowest BCUT2D eigenvalue weighted by Gasteiger charge is -2.18. The van der Waals surface area contributed by atoms with Crippen molar-refractivity contribution in [2.75, 3.05) is 18.1 Å². The number of nitrogens with one attached hydrogen (secondary N) is 1. The fraction of sp³-hybridized carbons (Fsp3) is 0.818. The summed E-state index contributed by atoms with van der Waals surface area (Å²) >= 11 is 1.37. The average molecular weight is 260 g/mol. The first-order valence-electron chi connectivity index (χ1n) is 5.89. The van der Waals surface area contributed by atoms with Gasteiger partial charge in [0.2, 0.25) is 11.8 Å². The predicted molar refractivity (Wildman–Crippen MR) is 67.5 cm³/mol. The van der Waals surface area contributed by atoms with Crippen LogP contribution < -0.4 is 11.1 Å². The van der Waals surface area contributed by atoms with Crippen LogP contribution in [0.4, 0.5) is 0 Å². The van der Waals surface area contributed by atoms with Gasteiger partial charge in [-0.25, -0.2) is 0 Å². The summed E-state index contributed by atoms with van der Waals surface area (Å²) in [6, 6.07) is 0.119. The van der Waals surface area contributed by atoms with E-state index in [2.05, 4.69) is 5.32 Å². The van der Waals surface area contributed by atoms with Crippen molar-refractivity contribution in [1.82, 2.24) is 5.32 Å². The normalized spacial score (nSPS) is 23.6. The minimum absolute atomic E-state index is 0.00711. The lowest BCUT2D eigenvalue weighted by Crippen LogP contribution is -2.38. The van der Waals surface area contributed by atoms with Gasteiger partial charge < -0.3 is 16.2 Å². The maximum atomic E-state index is 11.6. The number of rotatable bonds is 7. The Morgan fingerprint density at radius 2 is 2.18 bits per heavy atom. The Bertz CT molecular complexity index is 273. The Labute approximate surface area is 106 Å². The number of hydrogen-bond donors (Lipinski definition) is 3. The number of aliphatic hydroxyl groups excluding tert-OH is 1. The molecule has 2 atom stereocenters. The monoisotopic (exact) mass is 260 g/mol. The van der Waals surface area contributed by atoms with Crippen LogP contribution in [-0.2, 0) is 9.59 Å². The smallest absolute Gasteiger partial charge is 0.227 e. The highest BCUT2D eigenvalue weighted by atomic mass is 32.2. The average Bonchev–Trinajstić information content (AvgIpc) is 2.71. The molecule has 0 aromatic rings. The summed E-state index contributed by atoms with van der Waals surface area (Å²) in [5, 5.41) is 12.1. The van der Waals surface area contributed by atoms with Crippen LogP contribution in [0.15, 0.2) is 0 Å². The zero-order valence-electron chi connectivity index (χ0n) is 9.85. The molecule has 0 bridgehead atoms. The topological polar surface area (TPSA) is 92.4 Å². The van der Waals surface area contributed by atoms with Crippen molar-refractivity contribution < 1.29 is 14.7 Å². The van der Waals surface area contributed by atoms with Crippen molar-refractivity contribution in [3.05, 3.63) is 0 Å². The molecule has 0 aromatic heterocycles. The van der Waals surface area contributed by atoms with Crippen LogP contribution >= 0.6 is 11.8 Å². The number of aliphatic hydroxyl groups is 1. The van der Waals surface area contributed by atoms with Gasteiger partial charge >= 0.3 is 0 Å². The van der Waals surface area contributed by atoms with Crippen LogP contribution in [0, 0.1) is 5.92 Å². The molecular weight excluding hydrogens is 240 g/mol. The van der Waals surface area contributed by atoms with Crippen molar-refractivity contribution in [3.8, 4) is 0 Å². The van der Waals surface area contributed by atoms with E-state index in [0.717, 1.165) is 19.3 Å². The quantitative estimate of drug-likeness (QED) is 0.556. The van der Waals surface area contributed by atoms with Crippen molar-refractivity contribution in [1.29, 1.82) is 0 Å². The molecule has 1 aliphatic carbocycles. The van der Waals surface area contributed by atoms with E-state index in [1.54, 1.807) is 0 Å². The minimum atomic E-state index is -0.355. The molecule has 0 aliphatic heterocycles. The molecule has 2 amide bonds. The van der Waals surface area contributed by atoms with Gasteiger partial charge in [0.25, 0.3) is 0 Å². The van der Waals surface area contributed by atoms with Gasteiger partial charge in [0.15, 0.2) is 0 Å². The second-order valence-corrected chi connectivity index (χ2v) is 5.42. The molecule has 0 radical (unpaired) electrons. The van der Waals surface area contributed by atoms with Gasteiger partial charge in [0.1, 0.15) is 0 Å². The van der Waals surface area contributed by atoms with E-state index in [4.69, 9.17) is 10.8 Å². The molecule has 0 heterocycles. The highest BCUT2D eigenvalue weighted by molar-refractivity contribution is 7.99. The van der Waals surface area contributed by atoms with E-state index in [1.807, 2.05) is 0 Å². The van der Waals surface area contributed by atoms with Gasteiger partial charge in [-0.2, -0.15) is 11.8 Å². The van der Waals surface area contributed by atoms with E-state index in [1.165, 1.54) is 11.8 Å². The highest BCUT2D eigenvalue weighted by Gasteiger charge is 2.27. The van der Waals surface area contributed by atoms with Crippen molar-refractivity contribution in [2.45, 2.75) is 31.7 Å². The summed E-state index contributed by atoms with van der Waals surface area (Å²) in [5.41, 5.74) is 4.99. The first-order chi connectivity index (χ1) is 8.13. The maximum absolute atomic E-state index is 11.6. The highest BCUT2D eigenvalue weighted by Crippen LogP contribution is 2.25. The molecule has 5 nitrogen and oxygen atoms in total. The maximum Gasteiger partial charge on any atom is 0.227 e.